The van der Waals surface area contributed by atoms with Gasteiger partial charge in [0.25, 0.3) is 5.91 Å². The van der Waals surface area contributed by atoms with Crippen LogP contribution in [0.1, 0.15) is 61.6 Å². The molecule has 1 saturated heterocycles. The number of hydrogen-bond acceptors (Lipinski definition) is 6. The number of benzene rings is 1. The fourth-order valence-electron chi connectivity index (χ4n) is 6.45. The van der Waals surface area contributed by atoms with Crippen molar-refractivity contribution in [3.05, 3.63) is 71.4 Å². The van der Waals surface area contributed by atoms with E-state index in [0.717, 1.165) is 50.4 Å². The summed E-state index contributed by atoms with van der Waals surface area (Å²) in [5.74, 6) is -4.51. The Labute approximate surface area is 235 Å². The van der Waals surface area contributed by atoms with E-state index >= 15 is 0 Å². The van der Waals surface area contributed by atoms with Crippen molar-refractivity contribution < 1.29 is 27.3 Å². The molecule has 3 fully saturated rings. The van der Waals surface area contributed by atoms with Crippen molar-refractivity contribution in [2.24, 2.45) is 11.8 Å². The van der Waals surface area contributed by atoms with Crippen molar-refractivity contribution in [3.8, 4) is 11.3 Å². The van der Waals surface area contributed by atoms with Gasteiger partial charge >= 0.3 is 0 Å². The minimum absolute atomic E-state index is 0.148. The van der Waals surface area contributed by atoms with Gasteiger partial charge in [0, 0.05) is 49.6 Å². The van der Waals surface area contributed by atoms with Crippen LogP contribution in [0.4, 0.5) is 13.2 Å². The lowest BCUT2D eigenvalue weighted by Crippen LogP contribution is -2.58. The molecule has 216 valence electrons. The van der Waals surface area contributed by atoms with Gasteiger partial charge < -0.3 is 15.2 Å². The number of rotatable bonds is 7. The van der Waals surface area contributed by atoms with E-state index in [1.54, 1.807) is 6.20 Å². The molecule has 4 atom stereocenters. The molecule has 1 aliphatic heterocycles. The summed E-state index contributed by atoms with van der Waals surface area (Å²) < 4.78 is 46.9. The van der Waals surface area contributed by atoms with Crippen LogP contribution in [0.3, 0.4) is 0 Å². The lowest BCUT2D eigenvalue weighted by molar-refractivity contribution is -0.129. The number of amides is 2. The van der Waals surface area contributed by atoms with E-state index in [9.17, 15) is 22.8 Å². The maximum absolute atomic E-state index is 14.3. The first-order valence-electron chi connectivity index (χ1n) is 14.1. The van der Waals surface area contributed by atoms with Crippen LogP contribution >= 0.6 is 0 Å². The second kappa shape index (κ2) is 10.9. The number of carbonyl (C=O) groups excluding carboxylic acids is 2. The maximum atomic E-state index is 14.3. The van der Waals surface area contributed by atoms with Gasteiger partial charge in [0.15, 0.2) is 11.5 Å². The molecule has 41 heavy (non-hydrogen) atoms. The third kappa shape index (κ3) is 5.47. The Kier molecular flexibility index (Phi) is 7.31. The molecule has 1 aromatic carbocycles. The number of carbonyl (C=O) groups is 2. The first kappa shape index (κ1) is 27.4. The van der Waals surface area contributed by atoms with Gasteiger partial charge in [-0.25, -0.2) is 13.2 Å². The van der Waals surface area contributed by atoms with Gasteiger partial charge in [0.2, 0.25) is 5.91 Å². The minimum atomic E-state index is -1.17. The zero-order valence-electron chi connectivity index (χ0n) is 22.7. The highest BCUT2D eigenvalue weighted by Crippen LogP contribution is 2.45. The van der Waals surface area contributed by atoms with Gasteiger partial charge in [0.1, 0.15) is 17.5 Å². The molecule has 3 aliphatic rings. The zero-order chi connectivity index (χ0) is 28.7. The van der Waals surface area contributed by atoms with Crippen LogP contribution in [0.15, 0.2) is 47.1 Å². The SMILES string of the molecule is C[C@H]1CCC[C@@H]1N1CC[C@@H](NC(=O)c2cc(-c3c(F)cc(F)cc3F)on2)[C@H](C(=O)NC2(c3ccccn3)CC2)C1. The van der Waals surface area contributed by atoms with Crippen molar-refractivity contribution in [2.75, 3.05) is 13.1 Å². The van der Waals surface area contributed by atoms with Gasteiger partial charge in [-0.15, -0.1) is 0 Å². The summed E-state index contributed by atoms with van der Waals surface area (Å²) >= 11 is 0. The highest BCUT2D eigenvalue weighted by Gasteiger charge is 2.49. The topological polar surface area (TPSA) is 100 Å². The number of nitrogens with one attached hydrogen (secondary N) is 2. The molecule has 0 radical (unpaired) electrons. The molecular formula is C30H32F3N5O3. The Morgan fingerprint density at radius 2 is 1.85 bits per heavy atom. The first-order chi connectivity index (χ1) is 19.7. The predicted molar refractivity (Wildman–Crippen MR) is 143 cm³/mol. The third-order valence-electron chi connectivity index (χ3n) is 8.85. The predicted octanol–water partition coefficient (Wildman–Crippen LogP) is 4.57. The highest BCUT2D eigenvalue weighted by molar-refractivity contribution is 5.94. The van der Waals surface area contributed by atoms with E-state index in [4.69, 9.17) is 4.52 Å². The van der Waals surface area contributed by atoms with Gasteiger partial charge in [-0.05, 0) is 50.2 Å². The Hall–Kier alpha value is -3.73. The number of pyridine rings is 1. The molecule has 3 heterocycles. The summed E-state index contributed by atoms with van der Waals surface area (Å²) in [6, 6.07) is 7.72. The number of hydrogen-bond donors (Lipinski definition) is 2. The average Bonchev–Trinajstić information content (AvgIpc) is 3.33. The van der Waals surface area contributed by atoms with Crippen molar-refractivity contribution in [3.63, 3.8) is 0 Å². The Morgan fingerprint density at radius 3 is 2.51 bits per heavy atom. The van der Waals surface area contributed by atoms with E-state index in [2.05, 4.69) is 32.6 Å². The second-order valence-corrected chi connectivity index (χ2v) is 11.6. The number of aromatic nitrogens is 2. The van der Waals surface area contributed by atoms with Gasteiger partial charge in [-0.2, -0.15) is 0 Å². The number of halogens is 3. The van der Waals surface area contributed by atoms with Crippen LogP contribution in [-0.4, -0.2) is 52.0 Å². The molecule has 0 unspecified atom stereocenters. The molecule has 0 spiro atoms. The van der Waals surface area contributed by atoms with Crippen molar-refractivity contribution in [2.45, 2.75) is 63.1 Å². The molecule has 8 nitrogen and oxygen atoms in total. The monoisotopic (exact) mass is 567 g/mol. The summed E-state index contributed by atoms with van der Waals surface area (Å²) in [5.41, 5.74) is -0.485. The lowest BCUT2D eigenvalue weighted by Gasteiger charge is -2.42. The molecule has 2 amide bonds. The Bertz CT molecular complexity index is 1420. The Morgan fingerprint density at radius 1 is 1.07 bits per heavy atom. The standard InChI is InChI=1S/C30H32F3N5O3/c1-17-5-4-6-24(17)38-12-8-22(19(16-38)28(39)36-30(9-10-30)26-7-2-3-11-34-26)35-29(40)23-15-25(41-37-23)27-20(32)13-18(31)14-21(27)33/h2-3,7,11,13-15,17,19,22,24H,4-6,8-10,12,16H2,1H3,(H,35,40)(H,36,39)/t17-,19+,22+,24-/m0/s1. The van der Waals surface area contributed by atoms with E-state index in [0.29, 0.717) is 37.1 Å². The molecule has 3 aromatic rings. The molecule has 11 heteroatoms. The lowest BCUT2D eigenvalue weighted by atomic mass is 9.88. The fourth-order valence-corrected chi connectivity index (χ4v) is 6.45. The zero-order valence-corrected chi connectivity index (χ0v) is 22.7. The first-order valence-corrected chi connectivity index (χ1v) is 14.1. The van der Waals surface area contributed by atoms with Crippen LogP contribution < -0.4 is 10.6 Å². The minimum Gasteiger partial charge on any atom is -0.355 e. The quantitative estimate of drug-likeness (QED) is 0.434. The molecular weight excluding hydrogens is 535 g/mol. The summed E-state index contributed by atoms with van der Waals surface area (Å²) in [6.45, 7) is 3.47. The summed E-state index contributed by atoms with van der Waals surface area (Å²) in [7, 11) is 0. The second-order valence-electron chi connectivity index (χ2n) is 11.6. The maximum Gasteiger partial charge on any atom is 0.273 e. The van der Waals surface area contributed by atoms with Crippen molar-refractivity contribution >= 4 is 11.8 Å². The summed E-state index contributed by atoms with van der Waals surface area (Å²) in [4.78, 5) is 33.9. The number of nitrogens with zero attached hydrogens (tertiary/aromatic N) is 3. The van der Waals surface area contributed by atoms with E-state index < -0.39 is 46.4 Å². The molecule has 0 bridgehead atoms. The van der Waals surface area contributed by atoms with Crippen LogP contribution in [-0.2, 0) is 10.3 Å². The van der Waals surface area contributed by atoms with Crippen LogP contribution in [0.25, 0.3) is 11.3 Å². The largest absolute Gasteiger partial charge is 0.355 e. The summed E-state index contributed by atoms with van der Waals surface area (Å²) in [5, 5.41) is 9.86. The highest BCUT2D eigenvalue weighted by atomic mass is 19.1. The molecule has 2 aliphatic carbocycles. The summed E-state index contributed by atoms with van der Waals surface area (Å²) in [6.07, 6.45) is 7.25. The van der Waals surface area contributed by atoms with Crippen LogP contribution in [0.5, 0.6) is 0 Å². The molecule has 2 saturated carbocycles. The molecule has 2 aromatic heterocycles. The third-order valence-corrected chi connectivity index (χ3v) is 8.85. The number of likely N-dealkylation sites (tertiary alicyclic amines) is 1. The van der Waals surface area contributed by atoms with Crippen LogP contribution in [0, 0.1) is 29.3 Å². The van der Waals surface area contributed by atoms with Gasteiger partial charge in [-0.3, -0.25) is 19.5 Å². The van der Waals surface area contributed by atoms with Gasteiger partial charge in [-0.1, -0.05) is 24.6 Å². The van der Waals surface area contributed by atoms with Gasteiger partial charge in [0.05, 0.1) is 22.7 Å². The molecule has 2 N–H and O–H groups in total. The van der Waals surface area contributed by atoms with E-state index in [-0.39, 0.29) is 17.4 Å². The molecule has 6 rings (SSSR count). The number of piperidine rings is 1. The smallest absolute Gasteiger partial charge is 0.273 e. The Balaban J connectivity index is 1.21. The normalized spacial score (nSPS) is 25.6. The van der Waals surface area contributed by atoms with Crippen LogP contribution in [0.2, 0.25) is 0 Å². The van der Waals surface area contributed by atoms with E-state index in [1.165, 1.54) is 0 Å². The van der Waals surface area contributed by atoms with E-state index in [1.807, 2.05) is 18.2 Å². The van der Waals surface area contributed by atoms with Crippen molar-refractivity contribution in [1.82, 2.24) is 25.7 Å². The van der Waals surface area contributed by atoms with Crippen molar-refractivity contribution in [1.29, 1.82) is 0 Å². The average molecular weight is 568 g/mol. The fraction of sp³-hybridized carbons (Fsp3) is 0.467.